The third kappa shape index (κ3) is 4.33. The van der Waals surface area contributed by atoms with Crippen LogP contribution < -0.4 is 5.32 Å². The third-order valence-electron chi connectivity index (χ3n) is 3.64. The first-order chi connectivity index (χ1) is 9.48. The Kier molecular flexibility index (Phi) is 5.24. The van der Waals surface area contributed by atoms with Crippen LogP contribution in [-0.4, -0.2) is 28.1 Å². The van der Waals surface area contributed by atoms with Crippen molar-refractivity contribution in [2.45, 2.75) is 44.1 Å². The first-order valence-electron chi connectivity index (χ1n) is 6.82. The number of rotatable bonds is 3. The van der Waals surface area contributed by atoms with Crippen molar-refractivity contribution >= 4 is 29.1 Å². The molecule has 1 aromatic heterocycles. The van der Waals surface area contributed by atoms with Gasteiger partial charge in [-0.1, -0.05) is 48.9 Å². The van der Waals surface area contributed by atoms with Crippen LogP contribution in [0.15, 0.2) is 12.1 Å². The second kappa shape index (κ2) is 6.74. The number of carbonyl (C=O) groups is 1. The second-order valence-corrected chi connectivity index (χ2v) is 6.10. The Balaban J connectivity index is 1.97. The molecule has 1 aromatic rings. The van der Waals surface area contributed by atoms with Gasteiger partial charge in [0, 0.05) is 12.1 Å². The third-order valence-corrected chi connectivity index (χ3v) is 4.02. The Morgan fingerprint density at radius 2 is 1.75 bits per heavy atom. The second-order valence-electron chi connectivity index (χ2n) is 5.32. The molecular formula is C14H18Cl2N2O2. The van der Waals surface area contributed by atoms with E-state index in [9.17, 15) is 9.90 Å². The van der Waals surface area contributed by atoms with Gasteiger partial charge < -0.3 is 10.4 Å². The van der Waals surface area contributed by atoms with Crippen LogP contribution in [0.4, 0.5) is 0 Å². The summed E-state index contributed by atoms with van der Waals surface area (Å²) in [6, 6.07) is 2.92. The van der Waals surface area contributed by atoms with Gasteiger partial charge >= 0.3 is 0 Å². The standard InChI is InChI=1S/C14H18Cl2N2O2/c15-11-7-10(8-12(16)18-11)13(19)17-9-14(20)5-3-1-2-4-6-14/h7-8,20H,1-6,9H2,(H,17,19). The fourth-order valence-corrected chi connectivity index (χ4v) is 2.97. The predicted octanol–water partition coefficient (Wildman–Crippen LogP) is 3.20. The van der Waals surface area contributed by atoms with E-state index in [4.69, 9.17) is 23.2 Å². The largest absolute Gasteiger partial charge is 0.388 e. The highest BCUT2D eigenvalue weighted by molar-refractivity contribution is 6.33. The summed E-state index contributed by atoms with van der Waals surface area (Å²) in [7, 11) is 0. The summed E-state index contributed by atoms with van der Waals surface area (Å²) >= 11 is 11.5. The van der Waals surface area contributed by atoms with Crippen molar-refractivity contribution in [1.29, 1.82) is 0 Å². The van der Waals surface area contributed by atoms with Crippen LogP contribution in [-0.2, 0) is 0 Å². The molecule has 0 aliphatic heterocycles. The van der Waals surface area contributed by atoms with Gasteiger partial charge in [0.15, 0.2) is 0 Å². The summed E-state index contributed by atoms with van der Waals surface area (Å²) in [6.07, 6.45) is 5.74. The fourth-order valence-electron chi connectivity index (χ4n) is 2.51. The minimum Gasteiger partial charge on any atom is -0.388 e. The van der Waals surface area contributed by atoms with Crippen molar-refractivity contribution in [2.24, 2.45) is 0 Å². The molecule has 0 bridgehead atoms. The summed E-state index contributed by atoms with van der Waals surface area (Å²) in [4.78, 5) is 15.8. The molecule has 2 rings (SSSR count). The number of nitrogens with one attached hydrogen (secondary N) is 1. The van der Waals surface area contributed by atoms with E-state index < -0.39 is 5.60 Å². The molecule has 0 spiro atoms. The van der Waals surface area contributed by atoms with E-state index >= 15 is 0 Å². The van der Waals surface area contributed by atoms with Gasteiger partial charge in [-0.15, -0.1) is 0 Å². The quantitative estimate of drug-likeness (QED) is 0.665. The maximum atomic E-state index is 12.1. The Labute approximate surface area is 128 Å². The molecule has 110 valence electrons. The Bertz CT molecular complexity index is 466. The van der Waals surface area contributed by atoms with Crippen LogP contribution in [0.5, 0.6) is 0 Å². The zero-order valence-electron chi connectivity index (χ0n) is 11.2. The van der Waals surface area contributed by atoms with E-state index in [0.29, 0.717) is 5.56 Å². The summed E-state index contributed by atoms with van der Waals surface area (Å²) in [5.41, 5.74) is -0.445. The lowest BCUT2D eigenvalue weighted by molar-refractivity contribution is 0.0246. The van der Waals surface area contributed by atoms with Gasteiger partial charge in [-0.25, -0.2) is 4.98 Å². The molecular weight excluding hydrogens is 299 g/mol. The maximum Gasteiger partial charge on any atom is 0.251 e. The molecule has 6 heteroatoms. The molecule has 4 nitrogen and oxygen atoms in total. The number of hydrogen-bond acceptors (Lipinski definition) is 3. The normalized spacial score (nSPS) is 18.4. The average molecular weight is 317 g/mol. The number of carbonyl (C=O) groups excluding carboxylic acids is 1. The molecule has 1 saturated carbocycles. The molecule has 2 N–H and O–H groups in total. The first kappa shape index (κ1) is 15.5. The molecule has 20 heavy (non-hydrogen) atoms. The Hall–Kier alpha value is -0.840. The fraction of sp³-hybridized carbons (Fsp3) is 0.571. The van der Waals surface area contributed by atoms with Gasteiger partial charge in [-0.2, -0.15) is 0 Å². The van der Waals surface area contributed by atoms with Crippen molar-refractivity contribution in [3.05, 3.63) is 28.0 Å². The van der Waals surface area contributed by atoms with Gasteiger partial charge in [-0.05, 0) is 25.0 Å². The van der Waals surface area contributed by atoms with E-state index in [1.54, 1.807) is 0 Å². The molecule has 0 unspecified atom stereocenters. The molecule has 1 amide bonds. The summed E-state index contributed by atoms with van der Waals surface area (Å²) in [5.74, 6) is -0.297. The van der Waals surface area contributed by atoms with Crippen molar-refractivity contribution in [2.75, 3.05) is 6.54 Å². The number of pyridine rings is 1. The number of hydrogen-bond donors (Lipinski definition) is 2. The molecule has 1 aliphatic carbocycles. The van der Waals surface area contributed by atoms with Crippen LogP contribution in [0, 0.1) is 0 Å². The number of nitrogens with zero attached hydrogens (tertiary/aromatic N) is 1. The van der Waals surface area contributed by atoms with Crippen molar-refractivity contribution in [3.8, 4) is 0 Å². The van der Waals surface area contributed by atoms with Gasteiger partial charge in [0.05, 0.1) is 5.60 Å². The smallest absolute Gasteiger partial charge is 0.251 e. The van der Waals surface area contributed by atoms with Crippen molar-refractivity contribution in [3.63, 3.8) is 0 Å². The number of aliphatic hydroxyl groups is 1. The summed E-state index contributed by atoms with van der Waals surface area (Å²) < 4.78 is 0. The van der Waals surface area contributed by atoms with E-state index in [1.807, 2.05) is 0 Å². The number of amides is 1. The van der Waals surface area contributed by atoms with E-state index in [0.717, 1.165) is 38.5 Å². The lowest BCUT2D eigenvalue weighted by Crippen LogP contribution is -2.42. The zero-order valence-corrected chi connectivity index (χ0v) is 12.7. The Morgan fingerprint density at radius 1 is 1.20 bits per heavy atom. The average Bonchev–Trinajstić information content (AvgIpc) is 2.60. The van der Waals surface area contributed by atoms with E-state index in [2.05, 4.69) is 10.3 Å². The molecule has 1 fully saturated rings. The lowest BCUT2D eigenvalue weighted by Gasteiger charge is -2.26. The molecule has 1 heterocycles. The first-order valence-corrected chi connectivity index (χ1v) is 7.58. The van der Waals surface area contributed by atoms with Crippen molar-refractivity contribution in [1.82, 2.24) is 10.3 Å². The molecule has 0 aromatic carbocycles. The van der Waals surface area contributed by atoms with Gasteiger partial charge in [0.2, 0.25) is 0 Å². The number of halogens is 2. The van der Waals surface area contributed by atoms with Gasteiger partial charge in [-0.3, -0.25) is 4.79 Å². The van der Waals surface area contributed by atoms with Crippen LogP contribution in [0.2, 0.25) is 10.3 Å². The minimum atomic E-state index is -0.799. The highest BCUT2D eigenvalue weighted by Gasteiger charge is 2.28. The zero-order chi connectivity index (χ0) is 14.6. The van der Waals surface area contributed by atoms with E-state index in [1.165, 1.54) is 12.1 Å². The lowest BCUT2D eigenvalue weighted by atomic mass is 9.94. The number of aromatic nitrogens is 1. The van der Waals surface area contributed by atoms with Crippen molar-refractivity contribution < 1.29 is 9.90 Å². The van der Waals surface area contributed by atoms with Crippen LogP contribution in [0.25, 0.3) is 0 Å². The topological polar surface area (TPSA) is 62.2 Å². The minimum absolute atomic E-state index is 0.177. The molecule has 0 atom stereocenters. The molecule has 0 radical (unpaired) electrons. The highest BCUT2D eigenvalue weighted by Crippen LogP contribution is 2.26. The Morgan fingerprint density at radius 3 is 2.30 bits per heavy atom. The van der Waals surface area contributed by atoms with Gasteiger partial charge in [0.25, 0.3) is 5.91 Å². The monoisotopic (exact) mass is 316 g/mol. The summed E-state index contributed by atoms with van der Waals surface area (Å²) in [5, 5.41) is 13.6. The van der Waals surface area contributed by atoms with Crippen LogP contribution >= 0.6 is 23.2 Å². The van der Waals surface area contributed by atoms with E-state index in [-0.39, 0.29) is 22.8 Å². The summed E-state index contributed by atoms with van der Waals surface area (Å²) in [6.45, 7) is 0.253. The SMILES string of the molecule is O=C(NCC1(O)CCCCCC1)c1cc(Cl)nc(Cl)c1. The predicted molar refractivity (Wildman–Crippen MR) is 79.2 cm³/mol. The maximum absolute atomic E-state index is 12.1. The highest BCUT2D eigenvalue weighted by atomic mass is 35.5. The van der Waals surface area contributed by atoms with Crippen LogP contribution in [0.3, 0.4) is 0 Å². The molecule has 1 aliphatic rings. The molecule has 0 saturated heterocycles. The van der Waals surface area contributed by atoms with Gasteiger partial charge in [0.1, 0.15) is 10.3 Å². The van der Waals surface area contributed by atoms with Crippen LogP contribution in [0.1, 0.15) is 48.9 Å².